The summed E-state index contributed by atoms with van der Waals surface area (Å²) in [6.45, 7) is 0.831. The minimum atomic E-state index is -4.34. The topological polar surface area (TPSA) is 51.0 Å². The summed E-state index contributed by atoms with van der Waals surface area (Å²) in [6, 6.07) is 4.69. The van der Waals surface area contributed by atoms with Crippen molar-refractivity contribution in [2.75, 3.05) is 13.6 Å². The van der Waals surface area contributed by atoms with Crippen molar-refractivity contribution in [3.05, 3.63) is 35.7 Å². The van der Waals surface area contributed by atoms with Crippen LogP contribution < -0.4 is 5.32 Å². The Labute approximate surface area is 114 Å². The Bertz CT molecular complexity index is 549. The van der Waals surface area contributed by atoms with Crippen molar-refractivity contribution in [2.24, 2.45) is 0 Å². The smallest absolute Gasteiger partial charge is 0.339 e. The van der Waals surface area contributed by atoms with E-state index in [9.17, 15) is 13.2 Å². The van der Waals surface area contributed by atoms with Crippen LogP contribution in [0.4, 0.5) is 13.2 Å². The van der Waals surface area contributed by atoms with E-state index in [0.717, 1.165) is 25.1 Å². The SMILES string of the molecule is CNCCCc1nc(-c2ccc(C(F)(F)F)cc2)no1. The largest absolute Gasteiger partial charge is 0.416 e. The summed E-state index contributed by atoms with van der Waals surface area (Å²) < 4.78 is 42.4. The fourth-order valence-electron chi connectivity index (χ4n) is 1.70. The van der Waals surface area contributed by atoms with Gasteiger partial charge in [-0.25, -0.2) is 0 Å². The molecular formula is C13H14F3N3O. The van der Waals surface area contributed by atoms with Crippen molar-refractivity contribution >= 4 is 0 Å². The zero-order valence-electron chi connectivity index (χ0n) is 10.9. The maximum atomic E-state index is 12.4. The predicted octanol–water partition coefficient (Wildman–Crippen LogP) is 2.91. The molecule has 2 aromatic rings. The number of rotatable bonds is 5. The van der Waals surface area contributed by atoms with Crippen molar-refractivity contribution in [2.45, 2.75) is 19.0 Å². The van der Waals surface area contributed by atoms with E-state index in [1.54, 1.807) is 0 Å². The van der Waals surface area contributed by atoms with Gasteiger partial charge in [0.1, 0.15) is 0 Å². The molecule has 0 saturated heterocycles. The van der Waals surface area contributed by atoms with Gasteiger partial charge in [0.25, 0.3) is 0 Å². The van der Waals surface area contributed by atoms with Gasteiger partial charge in [0.15, 0.2) is 0 Å². The van der Waals surface area contributed by atoms with Gasteiger partial charge >= 0.3 is 6.18 Å². The molecule has 0 aliphatic rings. The lowest BCUT2D eigenvalue weighted by atomic mass is 10.1. The minimum absolute atomic E-state index is 0.304. The number of hydrogen-bond donors (Lipinski definition) is 1. The third-order valence-corrected chi connectivity index (χ3v) is 2.76. The molecule has 1 N–H and O–H groups in total. The first-order valence-electron chi connectivity index (χ1n) is 6.15. The zero-order valence-corrected chi connectivity index (χ0v) is 10.9. The molecule has 2 rings (SSSR count). The molecule has 20 heavy (non-hydrogen) atoms. The molecule has 0 unspecified atom stereocenters. The normalized spacial score (nSPS) is 11.8. The van der Waals surface area contributed by atoms with Crippen LogP contribution in [-0.2, 0) is 12.6 Å². The molecule has 4 nitrogen and oxygen atoms in total. The third kappa shape index (κ3) is 3.57. The summed E-state index contributed by atoms with van der Waals surface area (Å²) in [5.74, 6) is 0.785. The van der Waals surface area contributed by atoms with E-state index in [4.69, 9.17) is 4.52 Å². The predicted molar refractivity (Wildman–Crippen MR) is 67.0 cm³/mol. The van der Waals surface area contributed by atoms with E-state index in [0.29, 0.717) is 23.7 Å². The first-order valence-corrected chi connectivity index (χ1v) is 6.15. The summed E-state index contributed by atoms with van der Waals surface area (Å²) in [4.78, 5) is 4.16. The summed E-state index contributed by atoms with van der Waals surface area (Å²) in [6.07, 6.45) is -2.85. The Kier molecular flexibility index (Phi) is 4.39. The van der Waals surface area contributed by atoms with Crippen LogP contribution in [0.5, 0.6) is 0 Å². The van der Waals surface area contributed by atoms with Gasteiger partial charge in [-0.05, 0) is 32.1 Å². The van der Waals surface area contributed by atoms with Crippen LogP contribution in [0.15, 0.2) is 28.8 Å². The van der Waals surface area contributed by atoms with Gasteiger partial charge in [-0.15, -0.1) is 0 Å². The summed E-state index contributed by atoms with van der Waals surface area (Å²) in [7, 11) is 1.85. The van der Waals surface area contributed by atoms with E-state index >= 15 is 0 Å². The standard InChI is InChI=1S/C13H14F3N3O/c1-17-8-2-3-11-18-12(19-20-11)9-4-6-10(7-5-9)13(14,15)16/h4-7,17H,2-3,8H2,1H3. The molecule has 0 aliphatic carbocycles. The van der Waals surface area contributed by atoms with Gasteiger partial charge in [0.05, 0.1) is 5.56 Å². The molecule has 0 saturated carbocycles. The van der Waals surface area contributed by atoms with Gasteiger partial charge in [-0.1, -0.05) is 17.3 Å². The minimum Gasteiger partial charge on any atom is -0.339 e. The average Bonchev–Trinajstić information content (AvgIpc) is 2.87. The highest BCUT2D eigenvalue weighted by Crippen LogP contribution is 2.30. The molecule has 0 fully saturated rings. The molecular weight excluding hydrogens is 271 g/mol. The second-order valence-corrected chi connectivity index (χ2v) is 4.29. The molecule has 1 aromatic heterocycles. The summed E-state index contributed by atoms with van der Waals surface area (Å²) in [5, 5.41) is 6.77. The molecule has 108 valence electrons. The van der Waals surface area contributed by atoms with Gasteiger partial charge in [-0.2, -0.15) is 18.2 Å². The lowest BCUT2D eigenvalue weighted by Crippen LogP contribution is -2.08. The number of nitrogens with one attached hydrogen (secondary N) is 1. The lowest BCUT2D eigenvalue weighted by Gasteiger charge is -2.05. The van der Waals surface area contributed by atoms with Crippen molar-refractivity contribution in [3.8, 4) is 11.4 Å². The highest BCUT2D eigenvalue weighted by atomic mass is 19.4. The third-order valence-electron chi connectivity index (χ3n) is 2.76. The van der Waals surface area contributed by atoms with Crippen LogP contribution in [-0.4, -0.2) is 23.7 Å². The Morgan fingerprint density at radius 3 is 2.50 bits per heavy atom. The molecule has 1 heterocycles. The van der Waals surface area contributed by atoms with E-state index in [-0.39, 0.29) is 0 Å². The zero-order chi connectivity index (χ0) is 14.6. The van der Waals surface area contributed by atoms with Crippen LogP contribution in [0.2, 0.25) is 0 Å². The Hall–Kier alpha value is -1.89. The highest BCUT2D eigenvalue weighted by Gasteiger charge is 2.30. The molecule has 0 bridgehead atoms. The molecule has 0 aliphatic heterocycles. The Balaban J connectivity index is 2.08. The van der Waals surface area contributed by atoms with Crippen LogP contribution in [0.1, 0.15) is 17.9 Å². The maximum absolute atomic E-state index is 12.4. The lowest BCUT2D eigenvalue weighted by molar-refractivity contribution is -0.137. The monoisotopic (exact) mass is 285 g/mol. The molecule has 0 spiro atoms. The number of aryl methyl sites for hydroxylation is 1. The van der Waals surface area contributed by atoms with Crippen molar-refractivity contribution < 1.29 is 17.7 Å². The number of benzene rings is 1. The van der Waals surface area contributed by atoms with Crippen LogP contribution in [0.25, 0.3) is 11.4 Å². The molecule has 0 radical (unpaired) electrons. The van der Waals surface area contributed by atoms with Crippen molar-refractivity contribution in [3.63, 3.8) is 0 Å². The van der Waals surface area contributed by atoms with Crippen LogP contribution in [0, 0.1) is 0 Å². The second kappa shape index (κ2) is 6.04. The second-order valence-electron chi connectivity index (χ2n) is 4.29. The van der Waals surface area contributed by atoms with E-state index in [1.807, 2.05) is 7.05 Å². The fourth-order valence-corrected chi connectivity index (χ4v) is 1.70. The Morgan fingerprint density at radius 2 is 1.90 bits per heavy atom. The maximum Gasteiger partial charge on any atom is 0.416 e. The summed E-state index contributed by atoms with van der Waals surface area (Å²) >= 11 is 0. The van der Waals surface area contributed by atoms with E-state index in [1.165, 1.54) is 12.1 Å². The van der Waals surface area contributed by atoms with Crippen molar-refractivity contribution in [1.82, 2.24) is 15.5 Å². The van der Waals surface area contributed by atoms with E-state index in [2.05, 4.69) is 15.5 Å². The molecule has 0 atom stereocenters. The van der Waals surface area contributed by atoms with Crippen LogP contribution in [0.3, 0.4) is 0 Å². The van der Waals surface area contributed by atoms with E-state index < -0.39 is 11.7 Å². The number of halogens is 3. The molecule has 7 heteroatoms. The fraction of sp³-hybridized carbons (Fsp3) is 0.385. The average molecular weight is 285 g/mol. The number of aromatic nitrogens is 2. The first kappa shape index (κ1) is 14.5. The van der Waals surface area contributed by atoms with Crippen molar-refractivity contribution in [1.29, 1.82) is 0 Å². The van der Waals surface area contributed by atoms with Gasteiger partial charge < -0.3 is 9.84 Å². The number of hydrogen-bond acceptors (Lipinski definition) is 4. The summed E-state index contributed by atoms with van der Waals surface area (Å²) in [5.41, 5.74) is -0.194. The van der Waals surface area contributed by atoms with Crippen LogP contribution >= 0.6 is 0 Å². The Morgan fingerprint density at radius 1 is 1.20 bits per heavy atom. The number of nitrogens with zero attached hydrogens (tertiary/aromatic N) is 2. The quantitative estimate of drug-likeness (QED) is 0.858. The number of alkyl halides is 3. The van der Waals surface area contributed by atoms with Gasteiger partial charge in [-0.3, -0.25) is 0 Å². The molecule has 1 aromatic carbocycles. The van der Waals surface area contributed by atoms with Gasteiger partial charge in [0, 0.05) is 12.0 Å². The highest BCUT2D eigenvalue weighted by molar-refractivity contribution is 5.54. The molecule has 0 amide bonds. The first-order chi connectivity index (χ1) is 9.50. The van der Waals surface area contributed by atoms with Gasteiger partial charge in [0.2, 0.25) is 11.7 Å².